The summed E-state index contributed by atoms with van der Waals surface area (Å²) < 4.78 is 10.5. The minimum absolute atomic E-state index is 0.201. The van der Waals surface area contributed by atoms with Crippen molar-refractivity contribution < 1.29 is 19.4 Å². The van der Waals surface area contributed by atoms with Crippen molar-refractivity contribution in [2.75, 3.05) is 6.61 Å². The van der Waals surface area contributed by atoms with Gasteiger partial charge in [-0.1, -0.05) is 48.0 Å². The van der Waals surface area contributed by atoms with E-state index in [2.05, 4.69) is 0 Å². The summed E-state index contributed by atoms with van der Waals surface area (Å²) in [7, 11) is 0. The van der Waals surface area contributed by atoms with Crippen LogP contribution < -0.4 is 10.5 Å². The van der Waals surface area contributed by atoms with Crippen LogP contribution in [0.4, 0.5) is 0 Å². The van der Waals surface area contributed by atoms with Gasteiger partial charge in [0.2, 0.25) is 0 Å². The minimum Gasteiger partial charge on any atom is -0.487 e. The molecule has 0 spiro atoms. The highest BCUT2D eigenvalue weighted by Gasteiger charge is 2.25. The Morgan fingerprint density at radius 3 is 2.58 bits per heavy atom. The maximum atomic E-state index is 11.6. The summed E-state index contributed by atoms with van der Waals surface area (Å²) >= 11 is 6.19. The molecule has 0 heterocycles. The van der Waals surface area contributed by atoms with E-state index in [9.17, 15) is 9.90 Å². The number of aliphatic hydroxyl groups is 1. The molecule has 24 heavy (non-hydrogen) atoms. The Labute approximate surface area is 146 Å². The van der Waals surface area contributed by atoms with E-state index in [1.807, 2.05) is 30.3 Å². The van der Waals surface area contributed by atoms with E-state index in [0.29, 0.717) is 22.9 Å². The molecule has 3 N–H and O–H groups in total. The Kier molecular flexibility index (Phi) is 6.61. The third-order valence-electron chi connectivity index (χ3n) is 3.43. The van der Waals surface area contributed by atoms with Gasteiger partial charge >= 0.3 is 5.97 Å². The monoisotopic (exact) mass is 349 g/mol. The fourth-order valence-electron chi connectivity index (χ4n) is 2.13. The third kappa shape index (κ3) is 4.71. The zero-order chi connectivity index (χ0) is 17.5. The van der Waals surface area contributed by atoms with Crippen molar-refractivity contribution in [3.8, 4) is 5.75 Å². The topological polar surface area (TPSA) is 81.8 Å². The Balaban J connectivity index is 2.04. The van der Waals surface area contributed by atoms with Gasteiger partial charge < -0.3 is 20.3 Å². The molecule has 0 unspecified atom stereocenters. The van der Waals surface area contributed by atoms with Crippen LogP contribution in [-0.4, -0.2) is 23.7 Å². The highest BCUT2D eigenvalue weighted by atomic mass is 35.5. The second-order valence-corrected chi connectivity index (χ2v) is 5.59. The van der Waals surface area contributed by atoms with Gasteiger partial charge in [0, 0.05) is 0 Å². The molecule has 2 atom stereocenters. The molecule has 0 aliphatic carbocycles. The lowest BCUT2D eigenvalue weighted by atomic mass is 10.0. The number of carbonyl (C=O) groups excluding carboxylic acids is 1. The van der Waals surface area contributed by atoms with Gasteiger partial charge in [-0.15, -0.1) is 0 Å². The quantitative estimate of drug-likeness (QED) is 0.751. The number of hydrogen-bond donors (Lipinski definition) is 2. The van der Waals surface area contributed by atoms with Crippen LogP contribution in [0.25, 0.3) is 0 Å². The molecule has 5 nitrogen and oxygen atoms in total. The smallest absolute Gasteiger partial charge is 0.325 e. The van der Waals surface area contributed by atoms with Gasteiger partial charge in [0.25, 0.3) is 0 Å². The van der Waals surface area contributed by atoms with Gasteiger partial charge in [0.1, 0.15) is 24.5 Å². The zero-order valence-corrected chi connectivity index (χ0v) is 14.1. The molecule has 0 fully saturated rings. The minimum atomic E-state index is -1.20. The summed E-state index contributed by atoms with van der Waals surface area (Å²) in [5, 5.41) is 10.5. The third-order valence-corrected chi connectivity index (χ3v) is 3.73. The van der Waals surface area contributed by atoms with Gasteiger partial charge in [-0.25, -0.2) is 0 Å². The average molecular weight is 350 g/mol. The molecule has 0 amide bonds. The van der Waals surface area contributed by atoms with E-state index in [1.54, 1.807) is 19.1 Å². The van der Waals surface area contributed by atoms with Crippen LogP contribution in [0.5, 0.6) is 5.75 Å². The molecular formula is C18H20ClNO4. The molecule has 0 saturated heterocycles. The number of hydrogen-bond acceptors (Lipinski definition) is 5. The van der Waals surface area contributed by atoms with E-state index < -0.39 is 18.1 Å². The Morgan fingerprint density at radius 2 is 1.96 bits per heavy atom. The molecule has 6 heteroatoms. The number of rotatable bonds is 7. The van der Waals surface area contributed by atoms with Crippen LogP contribution >= 0.6 is 11.6 Å². The van der Waals surface area contributed by atoms with Crippen LogP contribution in [0.2, 0.25) is 5.02 Å². The molecule has 128 valence electrons. The first-order valence-electron chi connectivity index (χ1n) is 7.59. The highest BCUT2D eigenvalue weighted by molar-refractivity contribution is 6.32. The molecule has 0 radical (unpaired) electrons. The maximum absolute atomic E-state index is 11.6. The standard InChI is InChI=1S/C18H20ClNO4/c1-2-23-18(22)16(20)17(21)13-8-9-15(14(19)10-13)24-11-12-6-4-3-5-7-12/h3-10,16-17,21H,2,11,20H2,1H3/t16-,17-/m0/s1. The summed E-state index contributed by atoms with van der Waals surface area (Å²) in [6.45, 7) is 2.25. The highest BCUT2D eigenvalue weighted by Crippen LogP contribution is 2.29. The largest absolute Gasteiger partial charge is 0.487 e. The second kappa shape index (κ2) is 8.68. The van der Waals surface area contributed by atoms with Gasteiger partial charge in [-0.3, -0.25) is 4.79 Å². The van der Waals surface area contributed by atoms with E-state index in [0.717, 1.165) is 5.56 Å². The van der Waals surface area contributed by atoms with Crippen molar-refractivity contribution in [2.45, 2.75) is 25.7 Å². The lowest BCUT2D eigenvalue weighted by Gasteiger charge is -2.18. The first kappa shape index (κ1) is 18.3. The first-order chi connectivity index (χ1) is 11.5. The van der Waals surface area contributed by atoms with E-state index in [-0.39, 0.29) is 6.61 Å². The molecule has 0 aliphatic heterocycles. The number of esters is 1. The fourth-order valence-corrected chi connectivity index (χ4v) is 2.37. The maximum Gasteiger partial charge on any atom is 0.325 e. The summed E-state index contributed by atoms with van der Waals surface area (Å²) in [6, 6.07) is 13.3. The lowest BCUT2D eigenvalue weighted by Crippen LogP contribution is -2.38. The molecule has 0 saturated carbocycles. The first-order valence-corrected chi connectivity index (χ1v) is 7.97. The van der Waals surface area contributed by atoms with Crippen molar-refractivity contribution in [2.24, 2.45) is 5.73 Å². The second-order valence-electron chi connectivity index (χ2n) is 5.19. The van der Waals surface area contributed by atoms with Gasteiger partial charge in [-0.05, 0) is 30.2 Å². The Bertz CT molecular complexity index is 678. The molecule has 0 bridgehead atoms. The zero-order valence-electron chi connectivity index (χ0n) is 13.3. The predicted molar refractivity (Wildman–Crippen MR) is 91.8 cm³/mol. The number of benzene rings is 2. The van der Waals surface area contributed by atoms with Gasteiger partial charge in [0.15, 0.2) is 0 Å². The summed E-state index contributed by atoms with van der Waals surface area (Å²) in [6.07, 6.45) is -1.20. The predicted octanol–water partition coefficient (Wildman–Crippen LogP) is 2.84. The van der Waals surface area contributed by atoms with E-state index in [1.165, 1.54) is 6.07 Å². The van der Waals surface area contributed by atoms with Crippen molar-refractivity contribution in [1.29, 1.82) is 0 Å². The Hall–Kier alpha value is -2.08. The van der Waals surface area contributed by atoms with Crippen molar-refractivity contribution in [3.63, 3.8) is 0 Å². The Morgan fingerprint density at radius 1 is 1.25 bits per heavy atom. The van der Waals surface area contributed by atoms with Crippen LogP contribution in [0, 0.1) is 0 Å². The molecule has 0 aromatic heterocycles. The molecular weight excluding hydrogens is 330 g/mol. The van der Waals surface area contributed by atoms with E-state index >= 15 is 0 Å². The number of nitrogens with two attached hydrogens (primary N) is 1. The van der Waals surface area contributed by atoms with Gasteiger partial charge in [0.05, 0.1) is 11.6 Å². The molecule has 2 aromatic carbocycles. The average Bonchev–Trinajstić information content (AvgIpc) is 2.60. The normalized spacial score (nSPS) is 13.2. The van der Waals surface area contributed by atoms with Crippen LogP contribution in [0.15, 0.2) is 48.5 Å². The van der Waals surface area contributed by atoms with Crippen LogP contribution in [0.1, 0.15) is 24.2 Å². The summed E-state index contributed by atoms with van der Waals surface area (Å²) in [4.78, 5) is 11.6. The number of halogens is 1. The van der Waals surface area contributed by atoms with Crippen molar-refractivity contribution in [3.05, 3.63) is 64.7 Å². The molecule has 2 aromatic rings. The lowest BCUT2D eigenvalue weighted by molar-refractivity contribution is -0.147. The van der Waals surface area contributed by atoms with Crippen molar-refractivity contribution >= 4 is 17.6 Å². The molecule has 0 aliphatic rings. The van der Waals surface area contributed by atoms with Crippen LogP contribution in [0.3, 0.4) is 0 Å². The van der Waals surface area contributed by atoms with E-state index in [4.69, 9.17) is 26.8 Å². The number of carbonyl (C=O) groups is 1. The van der Waals surface area contributed by atoms with Crippen molar-refractivity contribution in [1.82, 2.24) is 0 Å². The van der Waals surface area contributed by atoms with Crippen LogP contribution in [-0.2, 0) is 16.1 Å². The summed E-state index contributed by atoms with van der Waals surface area (Å²) in [5.41, 5.74) is 7.14. The number of ether oxygens (including phenoxy) is 2. The summed E-state index contributed by atoms with van der Waals surface area (Å²) in [5.74, 6) is -0.174. The number of aliphatic hydroxyl groups excluding tert-OH is 1. The SMILES string of the molecule is CCOC(=O)[C@@H](N)[C@@H](O)c1ccc(OCc2ccccc2)c(Cl)c1. The molecule has 2 rings (SSSR count). The van der Waals surface area contributed by atoms with Gasteiger partial charge in [-0.2, -0.15) is 0 Å². The fraction of sp³-hybridized carbons (Fsp3) is 0.278.